The molecular weight excluding hydrogens is 256 g/mol. The van der Waals surface area contributed by atoms with E-state index in [2.05, 4.69) is 4.72 Å². The molecule has 0 bridgehead atoms. The first-order chi connectivity index (χ1) is 7.97. The summed E-state index contributed by atoms with van der Waals surface area (Å²) in [6, 6.07) is 6.47. The van der Waals surface area contributed by atoms with Crippen molar-refractivity contribution in [3.63, 3.8) is 0 Å². The summed E-state index contributed by atoms with van der Waals surface area (Å²) in [7, 11) is -3.55. The number of benzene rings is 1. The molecular formula is C11H12N2O2S2. The molecule has 3 N–H and O–H groups in total. The SMILES string of the molecule is Cc1cc(N)cc(S(=O)(=O)Nc2ccsc2)c1. The second-order valence-electron chi connectivity index (χ2n) is 3.70. The molecule has 0 unspecified atom stereocenters. The Labute approximate surface area is 104 Å². The predicted molar refractivity (Wildman–Crippen MR) is 70.7 cm³/mol. The van der Waals surface area contributed by atoms with Crippen LogP contribution in [0.4, 0.5) is 11.4 Å². The Morgan fingerprint density at radius 2 is 2.06 bits per heavy atom. The maximum Gasteiger partial charge on any atom is 0.262 e. The molecule has 0 saturated carbocycles. The van der Waals surface area contributed by atoms with Crippen molar-refractivity contribution in [1.29, 1.82) is 0 Å². The number of sulfonamides is 1. The third kappa shape index (κ3) is 2.78. The van der Waals surface area contributed by atoms with E-state index in [1.165, 1.54) is 17.4 Å². The maximum atomic E-state index is 12.0. The van der Waals surface area contributed by atoms with E-state index < -0.39 is 10.0 Å². The molecule has 0 radical (unpaired) electrons. The zero-order valence-corrected chi connectivity index (χ0v) is 10.8. The Hall–Kier alpha value is -1.53. The first-order valence-corrected chi connectivity index (χ1v) is 7.32. The molecule has 2 rings (SSSR count). The van der Waals surface area contributed by atoms with Crippen LogP contribution >= 0.6 is 11.3 Å². The van der Waals surface area contributed by atoms with E-state index in [0.29, 0.717) is 11.4 Å². The number of rotatable bonds is 3. The van der Waals surface area contributed by atoms with Crippen LogP contribution in [0.5, 0.6) is 0 Å². The summed E-state index contributed by atoms with van der Waals surface area (Å²) in [6.45, 7) is 1.81. The lowest BCUT2D eigenvalue weighted by Gasteiger charge is -2.08. The van der Waals surface area contributed by atoms with Crippen LogP contribution < -0.4 is 10.5 Å². The van der Waals surface area contributed by atoms with Crippen LogP contribution in [0.3, 0.4) is 0 Å². The van der Waals surface area contributed by atoms with Crippen molar-refractivity contribution in [3.05, 3.63) is 40.6 Å². The Bertz CT molecular complexity index is 599. The van der Waals surface area contributed by atoms with Crippen molar-refractivity contribution in [1.82, 2.24) is 0 Å². The van der Waals surface area contributed by atoms with Gasteiger partial charge in [0.05, 0.1) is 10.6 Å². The molecule has 6 heteroatoms. The molecule has 0 aliphatic carbocycles. The van der Waals surface area contributed by atoms with Gasteiger partial charge < -0.3 is 5.73 Å². The van der Waals surface area contributed by atoms with Crippen molar-refractivity contribution in [2.24, 2.45) is 0 Å². The van der Waals surface area contributed by atoms with Gasteiger partial charge in [-0.3, -0.25) is 4.72 Å². The Balaban J connectivity index is 2.38. The Kier molecular flexibility index (Phi) is 3.08. The quantitative estimate of drug-likeness (QED) is 0.840. The minimum absolute atomic E-state index is 0.182. The molecule has 1 aromatic carbocycles. The van der Waals surface area contributed by atoms with Crippen molar-refractivity contribution < 1.29 is 8.42 Å². The monoisotopic (exact) mass is 268 g/mol. The Morgan fingerprint density at radius 1 is 1.29 bits per heavy atom. The summed E-state index contributed by atoms with van der Waals surface area (Å²) in [5, 5.41) is 3.54. The third-order valence-corrected chi connectivity index (χ3v) is 4.20. The van der Waals surface area contributed by atoms with Gasteiger partial charge >= 0.3 is 0 Å². The zero-order valence-electron chi connectivity index (χ0n) is 9.17. The lowest BCUT2D eigenvalue weighted by atomic mass is 10.2. The van der Waals surface area contributed by atoms with Gasteiger partial charge in [-0.25, -0.2) is 8.42 Å². The topological polar surface area (TPSA) is 72.2 Å². The van der Waals surface area contributed by atoms with Crippen LogP contribution in [0, 0.1) is 6.92 Å². The molecule has 17 heavy (non-hydrogen) atoms. The highest BCUT2D eigenvalue weighted by molar-refractivity contribution is 7.92. The zero-order chi connectivity index (χ0) is 12.5. The van der Waals surface area contributed by atoms with E-state index >= 15 is 0 Å². The molecule has 0 fully saturated rings. The second kappa shape index (κ2) is 4.38. The normalized spacial score (nSPS) is 11.4. The first-order valence-electron chi connectivity index (χ1n) is 4.89. The minimum atomic E-state index is -3.55. The molecule has 90 valence electrons. The summed E-state index contributed by atoms with van der Waals surface area (Å²) in [5.41, 5.74) is 7.46. The van der Waals surface area contributed by atoms with Crippen molar-refractivity contribution >= 4 is 32.7 Å². The van der Waals surface area contributed by atoms with Crippen LogP contribution in [-0.4, -0.2) is 8.42 Å². The van der Waals surface area contributed by atoms with E-state index in [0.717, 1.165) is 5.56 Å². The van der Waals surface area contributed by atoms with Gasteiger partial charge in [0.25, 0.3) is 10.0 Å². The standard InChI is InChI=1S/C11H12N2O2S2/c1-8-4-9(12)6-11(5-8)17(14,15)13-10-2-3-16-7-10/h2-7,13H,12H2,1H3. The number of thiophene rings is 1. The number of hydrogen-bond acceptors (Lipinski definition) is 4. The van der Waals surface area contributed by atoms with Crippen molar-refractivity contribution in [2.45, 2.75) is 11.8 Å². The highest BCUT2D eigenvalue weighted by Crippen LogP contribution is 2.21. The number of nitrogens with two attached hydrogens (primary N) is 1. The molecule has 0 amide bonds. The van der Waals surface area contributed by atoms with E-state index in [1.807, 2.05) is 5.38 Å². The summed E-state index contributed by atoms with van der Waals surface area (Å²) in [6.07, 6.45) is 0. The molecule has 0 atom stereocenters. The number of aryl methyl sites for hydroxylation is 1. The van der Waals surface area contributed by atoms with Gasteiger partial charge in [0, 0.05) is 11.1 Å². The van der Waals surface area contributed by atoms with Crippen molar-refractivity contribution in [2.75, 3.05) is 10.5 Å². The average Bonchev–Trinajstić information content (AvgIpc) is 2.68. The van der Waals surface area contributed by atoms with Gasteiger partial charge in [-0.2, -0.15) is 11.3 Å². The third-order valence-electron chi connectivity index (χ3n) is 2.16. The first kappa shape index (κ1) is 11.9. The lowest BCUT2D eigenvalue weighted by Crippen LogP contribution is -2.12. The molecule has 4 nitrogen and oxygen atoms in total. The Morgan fingerprint density at radius 3 is 2.65 bits per heavy atom. The fourth-order valence-corrected chi connectivity index (χ4v) is 3.32. The van der Waals surface area contributed by atoms with Crippen LogP contribution in [0.25, 0.3) is 0 Å². The molecule has 2 aromatic rings. The van der Waals surface area contributed by atoms with Crippen LogP contribution in [0.15, 0.2) is 39.9 Å². The molecule has 0 aliphatic heterocycles. The second-order valence-corrected chi connectivity index (χ2v) is 6.16. The molecule has 0 spiro atoms. The summed E-state index contributed by atoms with van der Waals surface area (Å²) < 4.78 is 26.6. The number of hydrogen-bond donors (Lipinski definition) is 2. The van der Waals surface area contributed by atoms with Gasteiger partial charge in [-0.15, -0.1) is 0 Å². The molecule has 1 heterocycles. The van der Waals surface area contributed by atoms with Gasteiger partial charge in [0.1, 0.15) is 0 Å². The molecule has 1 aromatic heterocycles. The minimum Gasteiger partial charge on any atom is -0.399 e. The number of nitrogens with one attached hydrogen (secondary N) is 1. The summed E-state index contributed by atoms with van der Waals surface area (Å²) >= 11 is 1.43. The van der Waals surface area contributed by atoms with E-state index in [9.17, 15) is 8.42 Å². The van der Waals surface area contributed by atoms with Crippen LogP contribution in [-0.2, 0) is 10.0 Å². The van der Waals surface area contributed by atoms with Crippen LogP contribution in [0.2, 0.25) is 0 Å². The van der Waals surface area contributed by atoms with Gasteiger partial charge in [0.15, 0.2) is 0 Å². The van der Waals surface area contributed by atoms with E-state index in [1.54, 1.807) is 30.5 Å². The summed E-state index contributed by atoms with van der Waals surface area (Å²) in [4.78, 5) is 0.182. The smallest absolute Gasteiger partial charge is 0.262 e. The summed E-state index contributed by atoms with van der Waals surface area (Å²) in [5.74, 6) is 0. The maximum absolute atomic E-state index is 12.0. The average molecular weight is 268 g/mol. The fraction of sp³-hybridized carbons (Fsp3) is 0.0909. The lowest BCUT2D eigenvalue weighted by molar-refractivity contribution is 0.601. The van der Waals surface area contributed by atoms with E-state index in [-0.39, 0.29) is 4.90 Å². The molecule has 0 aliphatic rings. The number of nitrogen functional groups attached to an aromatic ring is 1. The van der Waals surface area contributed by atoms with E-state index in [4.69, 9.17) is 5.73 Å². The molecule has 0 saturated heterocycles. The van der Waals surface area contributed by atoms with Crippen LogP contribution in [0.1, 0.15) is 5.56 Å². The largest absolute Gasteiger partial charge is 0.399 e. The van der Waals surface area contributed by atoms with Gasteiger partial charge in [-0.05, 0) is 42.1 Å². The number of anilines is 2. The predicted octanol–water partition coefficient (Wildman–Crippen LogP) is 2.44. The fourth-order valence-electron chi connectivity index (χ4n) is 1.47. The van der Waals surface area contributed by atoms with Crippen molar-refractivity contribution in [3.8, 4) is 0 Å². The van der Waals surface area contributed by atoms with Gasteiger partial charge in [0.2, 0.25) is 0 Å². The highest BCUT2D eigenvalue weighted by Gasteiger charge is 2.15. The highest BCUT2D eigenvalue weighted by atomic mass is 32.2. The van der Waals surface area contributed by atoms with Gasteiger partial charge in [-0.1, -0.05) is 0 Å².